The predicted octanol–water partition coefficient (Wildman–Crippen LogP) is 3.46. The fourth-order valence-electron chi connectivity index (χ4n) is 1.82. The number of hydrogen-bond acceptors (Lipinski definition) is 3. The molecule has 0 saturated heterocycles. The maximum atomic E-state index is 5.96. The minimum atomic E-state index is 0.523. The molecule has 2 aromatic rings. The molecule has 0 aliphatic heterocycles. The maximum absolute atomic E-state index is 5.96. The number of pyridine rings is 1. The first-order valence-corrected chi connectivity index (χ1v) is 6.02. The van der Waals surface area contributed by atoms with Gasteiger partial charge in [-0.25, -0.2) is 4.98 Å². The molecule has 0 fully saturated rings. The van der Waals surface area contributed by atoms with Crippen molar-refractivity contribution in [2.24, 2.45) is 0 Å². The lowest BCUT2D eigenvalue weighted by atomic mass is 10.0. The fourth-order valence-corrected chi connectivity index (χ4v) is 1.82. The molecular formula is C15H18N2O. The molecule has 1 aromatic heterocycles. The summed E-state index contributed by atoms with van der Waals surface area (Å²) in [6.45, 7) is 4.35. The largest absolute Gasteiger partial charge is 0.481 e. The molecule has 0 unspecified atom stereocenters. The van der Waals surface area contributed by atoms with Gasteiger partial charge in [0.25, 0.3) is 0 Å². The number of ether oxygens (including phenoxy) is 1. The Kier molecular flexibility index (Phi) is 3.51. The van der Waals surface area contributed by atoms with Gasteiger partial charge in [0.15, 0.2) is 0 Å². The summed E-state index contributed by atoms with van der Waals surface area (Å²) in [6, 6.07) is 11.9. The molecule has 18 heavy (non-hydrogen) atoms. The average molecular weight is 242 g/mol. The molecule has 0 bridgehead atoms. The molecule has 0 saturated carbocycles. The SMILES string of the molecule is COc1ccc(N)c(-c2ccc(C(C)C)cc2)n1. The van der Waals surface area contributed by atoms with Gasteiger partial charge in [-0.2, -0.15) is 0 Å². The molecule has 0 amide bonds. The van der Waals surface area contributed by atoms with Crippen molar-refractivity contribution in [1.82, 2.24) is 4.98 Å². The van der Waals surface area contributed by atoms with Gasteiger partial charge in [-0.05, 0) is 17.5 Å². The molecule has 0 radical (unpaired) electrons. The Hall–Kier alpha value is -2.03. The zero-order valence-electron chi connectivity index (χ0n) is 11.0. The molecule has 2 N–H and O–H groups in total. The molecule has 1 heterocycles. The Labute approximate surface area is 108 Å². The van der Waals surface area contributed by atoms with E-state index in [-0.39, 0.29) is 0 Å². The Morgan fingerprint density at radius 1 is 1.06 bits per heavy atom. The van der Waals surface area contributed by atoms with E-state index < -0.39 is 0 Å². The molecule has 2 rings (SSSR count). The molecule has 0 atom stereocenters. The van der Waals surface area contributed by atoms with E-state index in [2.05, 4.69) is 31.0 Å². The van der Waals surface area contributed by atoms with Crippen LogP contribution < -0.4 is 10.5 Å². The van der Waals surface area contributed by atoms with Crippen molar-refractivity contribution in [3.63, 3.8) is 0 Å². The van der Waals surface area contributed by atoms with Crippen LogP contribution in [0.15, 0.2) is 36.4 Å². The van der Waals surface area contributed by atoms with Crippen LogP contribution in [0.3, 0.4) is 0 Å². The van der Waals surface area contributed by atoms with Crippen molar-refractivity contribution in [3.05, 3.63) is 42.0 Å². The van der Waals surface area contributed by atoms with Crippen LogP contribution in [0.5, 0.6) is 5.88 Å². The zero-order chi connectivity index (χ0) is 13.1. The highest BCUT2D eigenvalue weighted by Crippen LogP contribution is 2.27. The minimum Gasteiger partial charge on any atom is -0.481 e. The molecule has 3 heteroatoms. The molecule has 3 nitrogen and oxygen atoms in total. The highest BCUT2D eigenvalue weighted by Gasteiger charge is 2.07. The standard InChI is InChI=1S/C15H18N2O/c1-10(2)11-4-6-12(7-5-11)15-13(16)8-9-14(17-15)18-3/h4-10H,16H2,1-3H3. The summed E-state index contributed by atoms with van der Waals surface area (Å²) in [5.41, 5.74) is 9.70. The summed E-state index contributed by atoms with van der Waals surface area (Å²) in [7, 11) is 1.60. The second kappa shape index (κ2) is 5.08. The second-order valence-electron chi connectivity index (χ2n) is 4.57. The van der Waals surface area contributed by atoms with Gasteiger partial charge >= 0.3 is 0 Å². The first-order valence-electron chi connectivity index (χ1n) is 6.02. The van der Waals surface area contributed by atoms with Crippen LogP contribution in [0.4, 0.5) is 5.69 Å². The number of rotatable bonds is 3. The van der Waals surface area contributed by atoms with Crippen molar-refractivity contribution < 1.29 is 4.74 Å². The predicted molar refractivity (Wildman–Crippen MR) is 74.7 cm³/mol. The quantitative estimate of drug-likeness (QED) is 0.896. The van der Waals surface area contributed by atoms with Crippen LogP contribution in [-0.4, -0.2) is 12.1 Å². The fraction of sp³-hybridized carbons (Fsp3) is 0.267. The number of methoxy groups -OCH3 is 1. The third-order valence-corrected chi connectivity index (χ3v) is 2.96. The van der Waals surface area contributed by atoms with Crippen LogP contribution in [0.1, 0.15) is 25.3 Å². The van der Waals surface area contributed by atoms with Gasteiger partial charge in [0.05, 0.1) is 18.5 Å². The summed E-state index contributed by atoms with van der Waals surface area (Å²) in [5, 5.41) is 0. The number of benzene rings is 1. The van der Waals surface area contributed by atoms with Gasteiger partial charge in [-0.1, -0.05) is 38.1 Å². The van der Waals surface area contributed by atoms with E-state index in [0.717, 1.165) is 11.3 Å². The number of nitrogen functional groups attached to an aromatic ring is 1. The summed E-state index contributed by atoms with van der Waals surface area (Å²) in [6.07, 6.45) is 0. The van der Waals surface area contributed by atoms with E-state index in [4.69, 9.17) is 10.5 Å². The first-order chi connectivity index (χ1) is 8.61. The van der Waals surface area contributed by atoms with Gasteiger partial charge in [0.1, 0.15) is 0 Å². The van der Waals surface area contributed by atoms with Gasteiger partial charge in [0.2, 0.25) is 5.88 Å². The molecule has 1 aromatic carbocycles. The topological polar surface area (TPSA) is 48.1 Å². The minimum absolute atomic E-state index is 0.523. The van der Waals surface area contributed by atoms with Crippen LogP contribution in [0.2, 0.25) is 0 Å². The molecule has 0 aliphatic rings. The van der Waals surface area contributed by atoms with E-state index in [1.54, 1.807) is 13.2 Å². The molecule has 94 valence electrons. The highest BCUT2D eigenvalue weighted by atomic mass is 16.5. The normalized spacial score (nSPS) is 10.7. The number of aromatic nitrogens is 1. The number of nitrogens with two attached hydrogens (primary N) is 1. The lowest BCUT2D eigenvalue weighted by molar-refractivity contribution is 0.398. The van der Waals surface area contributed by atoms with E-state index in [0.29, 0.717) is 17.5 Å². The van der Waals surface area contributed by atoms with Gasteiger partial charge in [-0.3, -0.25) is 0 Å². The van der Waals surface area contributed by atoms with Crippen molar-refractivity contribution in [2.45, 2.75) is 19.8 Å². The number of nitrogens with zero attached hydrogens (tertiary/aromatic N) is 1. The van der Waals surface area contributed by atoms with Gasteiger partial charge in [-0.15, -0.1) is 0 Å². The second-order valence-corrected chi connectivity index (χ2v) is 4.57. The molecule has 0 spiro atoms. The van der Waals surface area contributed by atoms with Crippen LogP contribution in [0.25, 0.3) is 11.3 Å². The lowest BCUT2D eigenvalue weighted by Gasteiger charge is -2.09. The number of hydrogen-bond donors (Lipinski definition) is 1. The van der Waals surface area contributed by atoms with Gasteiger partial charge < -0.3 is 10.5 Å². The summed E-state index contributed by atoms with van der Waals surface area (Å²) in [4.78, 5) is 4.39. The van der Waals surface area contributed by atoms with Crippen LogP contribution in [-0.2, 0) is 0 Å². The highest BCUT2D eigenvalue weighted by molar-refractivity contribution is 5.73. The Bertz CT molecular complexity index is 533. The number of anilines is 1. The van der Waals surface area contributed by atoms with E-state index in [1.165, 1.54) is 5.56 Å². The average Bonchev–Trinajstić information content (AvgIpc) is 2.39. The summed E-state index contributed by atoms with van der Waals surface area (Å²) < 4.78 is 5.13. The van der Waals surface area contributed by atoms with E-state index >= 15 is 0 Å². The smallest absolute Gasteiger partial charge is 0.213 e. The molecule has 0 aliphatic carbocycles. The van der Waals surface area contributed by atoms with E-state index in [9.17, 15) is 0 Å². The zero-order valence-corrected chi connectivity index (χ0v) is 11.0. The molecular weight excluding hydrogens is 224 g/mol. The van der Waals surface area contributed by atoms with Crippen LogP contribution in [0, 0.1) is 0 Å². The van der Waals surface area contributed by atoms with E-state index in [1.807, 2.05) is 18.2 Å². The summed E-state index contributed by atoms with van der Waals surface area (Å²) >= 11 is 0. The third kappa shape index (κ3) is 2.45. The first kappa shape index (κ1) is 12.4. The van der Waals surface area contributed by atoms with Gasteiger partial charge in [0, 0.05) is 11.6 Å². The van der Waals surface area contributed by atoms with Crippen LogP contribution >= 0.6 is 0 Å². The Balaban J connectivity index is 2.41. The van der Waals surface area contributed by atoms with Crippen molar-refractivity contribution in [3.8, 4) is 17.1 Å². The Morgan fingerprint density at radius 2 is 1.72 bits per heavy atom. The maximum Gasteiger partial charge on any atom is 0.213 e. The van der Waals surface area contributed by atoms with Crippen molar-refractivity contribution in [2.75, 3.05) is 12.8 Å². The summed E-state index contributed by atoms with van der Waals surface area (Å²) in [5.74, 6) is 1.10. The van der Waals surface area contributed by atoms with Crippen molar-refractivity contribution >= 4 is 5.69 Å². The van der Waals surface area contributed by atoms with Crippen molar-refractivity contribution in [1.29, 1.82) is 0 Å². The lowest BCUT2D eigenvalue weighted by Crippen LogP contribution is -1.96. The third-order valence-electron chi connectivity index (χ3n) is 2.96. The monoisotopic (exact) mass is 242 g/mol. The Morgan fingerprint density at radius 3 is 2.28 bits per heavy atom.